The number of carbonyl (C=O) groups excluding carboxylic acids is 1. The van der Waals surface area contributed by atoms with Crippen LogP contribution in [-0.4, -0.2) is 48.7 Å². The Kier molecular flexibility index (Phi) is 5.14. The van der Waals surface area contributed by atoms with E-state index in [1.54, 1.807) is 4.90 Å². The van der Waals surface area contributed by atoms with Gasteiger partial charge in [-0.1, -0.05) is 13.8 Å². The molecule has 0 bridgehead atoms. The monoisotopic (exact) mass is 257 g/mol. The molecular weight excluding hydrogens is 234 g/mol. The average Bonchev–Trinajstić information content (AvgIpc) is 2.37. The lowest BCUT2D eigenvalue weighted by Gasteiger charge is -2.40. The highest BCUT2D eigenvalue weighted by atomic mass is 16.5. The number of rotatable bonds is 5. The molecule has 0 aliphatic carbocycles. The molecule has 1 fully saturated rings. The van der Waals surface area contributed by atoms with Crippen LogP contribution in [-0.2, 0) is 14.3 Å². The van der Waals surface area contributed by atoms with Gasteiger partial charge >= 0.3 is 5.97 Å². The zero-order valence-electron chi connectivity index (χ0n) is 11.4. The minimum Gasteiger partial charge on any atom is -0.481 e. The minimum absolute atomic E-state index is 0.0443. The molecule has 0 aromatic heterocycles. The predicted octanol–water partition coefficient (Wildman–Crippen LogP) is 1.37. The number of carboxylic acids is 1. The molecule has 18 heavy (non-hydrogen) atoms. The molecule has 2 unspecified atom stereocenters. The van der Waals surface area contributed by atoms with Crippen molar-refractivity contribution in [3.63, 3.8) is 0 Å². The Morgan fingerprint density at radius 1 is 1.50 bits per heavy atom. The summed E-state index contributed by atoms with van der Waals surface area (Å²) in [6.07, 6.45) is 2.07. The van der Waals surface area contributed by atoms with E-state index in [9.17, 15) is 14.7 Å². The molecule has 0 radical (unpaired) electrons. The van der Waals surface area contributed by atoms with Crippen LogP contribution in [0.15, 0.2) is 0 Å². The molecule has 1 amide bonds. The maximum atomic E-state index is 12.1. The Labute approximate surface area is 108 Å². The van der Waals surface area contributed by atoms with Gasteiger partial charge in [-0.2, -0.15) is 0 Å². The smallest absolute Gasteiger partial charge is 0.313 e. The number of piperidine rings is 1. The summed E-state index contributed by atoms with van der Waals surface area (Å²) >= 11 is 0. The fraction of sp³-hybridized carbons (Fsp3) is 0.846. The Morgan fingerprint density at radius 3 is 2.67 bits per heavy atom. The van der Waals surface area contributed by atoms with E-state index in [-0.39, 0.29) is 25.0 Å². The van der Waals surface area contributed by atoms with E-state index in [0.717, 1.165) is 12.8 Å². The highest BCUT2D eigenvalue weighted by molar-refractivity contribution is 5.81. The number of methoxy groups -OCH3 is 1. The molecule has 5 nitrogen and oxygen atoms in total. The molecule has 104 valence electrons. The van der Waals surface area contributed by atoms with Gasteiger partial charge in [-0.15, -0.1) is 0 Å². The highest BCUT2D eigenvalue weighted by Crippen LogP contribution is 2.31. The summed E-state index contributed by atoms with van der Waals surface area (Å²) in [5, 5.41) is 9.40. The third kappa shape index (κ3) is 3.02. The summed E-state index contributed by atoms with van der Waals surface area (Å²) in [7, 11) is 1.50. The van der Waals surface area contributed by atoms with Crippen molar-refractivity contribution in [2.75, 3.05) is 26.8 Å². The summed E-state index contributed by atoms with van der Waals surface area (Å²) < 4.78 is 5.04. The van der Waals surface area contributed by atoms with Crippen LogP contribution in [0.25, 0.3) is 0 Å². The van der Waals surface area contributed by atoms with E-state index in [1.165, 1.54) is 7.11 Å². The molecule has 1 aliphatic rings. The highest BCUT2D eigenvalue weighted by Gasteiger charge is 2.44. The third-order valence-corrected chi connectivity index (χ3v) is 3.80. The fourth-order valence-corrected chi connectivity index (χ4v) is 2.44. The molecule has 1 rings (SSSR count). The summed E-state index contributed by atoms with van der Waals surface area (Å²) in [5.41, 5.74) is -0.934. The second-order valence-electron chi connectivity index (χ2n) is 5.19. The summed E-state index contributed by atoms with van der Waals surface area (Å²) in [6, 6.07) is 0. The molecule has 1 N–H and O–H groups in total. The standard InChI is InChI=1S/C13H23NO4/c1-4-10(2)11(15)14-7-5-6-13(8-14,9-18-3)12(16)17/h10H,4-9H2,1-3H3,(H,16,17). The lowest BCUT2D eigenvalue weighted by Crippen LogP contribution is -2.53. The van der Waals surface area contributed by atoms with Crippen LogP contribution >= 0.6 is 0 Å². The number of nitrogens with zero attached hydrogens (tertiary/aromatic N) is 1. The van der Waals surface area contributed by atoms with E-state index in [1.807, 2.05) is 13.8 Å². The van der Waals surface area contributed by atoms with Crippen molar-refractivity contribution in [3.8, 4) is 0 Å². The number of ether oxygens (including phenoxy) is 1. The number of hydrogen-bond donors (Lipinski definition) is 1. The molecule has 5 heteroatoms. The van der Waals surface area contributed by atoms with E-state index >= 15 is 0 Å². The van der Waals surface area contributed by atoms with Crippen LogP contribution in [0.5, 0.6) is 0 Å². The molecule has 1 heterocycles. The number of likely N-dealkylation sites (tertiary alicyclic amines) is 1. The second kappa shape index (κ2) is 6.18. The van der Waals surface area contributed by atoms with Gasteiger partial charge in [-0.3, -0.25) is 9.59 Å². The number of hydrogen-bond acceptors (Lipinski definition) is 3. The topological polar surface area (TPSA) is 66.8 Å². The van der Waals surface area contributed by atoms with Gasteiger partial charge in [0.05, 0.1) is 6.61 Å². The maximum absolute atomic E-state index is 12.1. The number of amides is 1. The van der Waals surface area contributed by atoms with Gasteiger partial charge in [0.15, 0.2) is 0 Å². The van der Waals surface area contributed by atoms with Crippen LogP contribution in [0.1, 0.15) is 33.1 Å². The quantitative estimate of drug-likeness (QED) is 0.808. The Bertz CT molecular complexity index is 314. The number of aliphatic carboxylic acids is 1. The molecule has 0 saturated carbocycles. The van der Waals surface area contributed by atoms with Crippen LogP contribution in [0.3, 0.4) is 0 Å². The number of carboxylic acid groups (broad SMARTS) is 1. The first-order chi connectivity index (χ1) is 8.46. The third-order valence-electron chi connectivity index (χ3n) is 3.80. The zero-order valence-corrected chi connectivity index (χ0v) is 11.4. The van der Waals surface area contributed by atoms with Gasteiger partial charge in [-0.05, 0) is 19.3 Å². The van der Waals surface area contributed by atoms with Gasteiger partial charge in [0.1, 0.15) is 5.41 Å². The first kappa shape index (κ1) is 15.0. The fourth-order valence-electron chi connectivity index (χ4n) is 2.44. The predicted molar refractivity (Wildman–Crippen MR) is 67.2 cm³/mol. The van der Waals surface area contributed by atoms with Gasteiger partial charge < -0.3 is 14.7 Å². The maximum Gasteiger partial charge on any atom is 0.313 e. The normalized spacial score (nSPS) is 25.8. The van der Waals surface area contributed by atoms with Crippen molar-refractivity contribution in [2.24, 2.45) is 11.3 Å². The van der Waals surface area contributed by atoms with Gasteiger partial charge in [0.25, 0.3) is 0 Å². The molecule has 2 atom stereocenters. The minimum atomic E-state index is -0.934. The lowest BCUT2D eigenvalue weighted by molar-refractivity contribution is -0.159. The van der Waals surface area contributed by atoms with Gasteiger partial charge in [0, 0.05) is 26.1 Å². The summed E-state index contributed by atoms with van der Waals surface area (Å²) in [4.78, 5) is 25.3. The van der Waals surface area contributed by atoms with E-state index in [2.05, 4.69) is 0 Å². The SMILES string of the molecule is CCC(C)C(=O)N1CCCC(COC)(C(=O)O)C1. The van der Waals surface area contributed by atoms with Crippen LogP contribution in [0.2, 0.25) is 0 Å². The molecule has 0 aromatic rings. The first-order valence-electron chi connectivity index (χ1n) is 6.48. The molecule has 0 aromatic carbocycles. The van der Waals surface area contributed by atoms with Crippen molar-refractivity contribution in [1.82, 2.24) is 4.90 Å². The van der Waals surface area contributed by atoms with Crippen molar-refractivity contribution in [3.05, 3.63) is 0 Å². The van der Waals surface area contributed by atoms with E-state index in [0.29, 0.717) is 13.0 Å². The van der Waals surface area contributed by atoms with Gasteiger partial charge in [-0.25, -0.2) is 0 Å². The Morgan fingerprint density at radius 2 is 2.17 bits per heavy atom. The van der Waals surface area contributed by atoms with Crippen molar-refractivity contribution in [2.45, 2.75) is 33.1 Å². The number of carbonyl (C=O) groups is 2. The zero-order chi connectivity index (χ0) is 13.8. The molecule has 0 spiro atoms. The first-order valence-corrected chi connectivity index (χ1v) is 6.48. The second-order valence-corrected chi connectivity index (χ2v) is 5.19. The summed E-state index contributed by atoms with van der Waals surface area (Å²) in [5.74, 6) is -0.859. The van der Waals surface area contributed by atoms with Crippen LogP contribution < -0.4 is 0 Å². The molecular formula is C13H23NO4. The largest absolute Gasteiger partial charge is 0.481 e. The summed E-state index contributed by atoms with van der Waals surface area (Å²) in [6.45, 7) is 4.93. The molecule has 1 saturated heterocycles. The van der Waals surface area contributed by atoms with Crippen molar-refractivity contribution >= 4 is 11.9 Å². The van der Waals surface area contributed by atoms with E-state index < -0.39 is 11.4 Å². The van der Waals surface area contributed by atoms with Crippen molar-refractivity contribution in [1.29, 1.82) is 0 Å². The van der Waals surface area contributed by atoms with Gasteiger partial charge in [0.2, 0.25) is 5.91 Å². The van der Waals surface area contributed by atoms with Crippen LogP contribution in [0, 0.1) is 11.3 Å². The Balaban J connectivity index is 2.81. The lowest BCUT2D eigenvalue weighted by atomic mass is 9.80. The molecule has 1 aliphatic heterocycles. The Hall–Kier alpha value is -1.10. The van der Waals surface area contributed by atoms with Crippen LogP contribution in [0.4, 0.5) is 0 Å². The van der Waals surface area contributed by atoms with E-state index in [4.69, 9.17) is 4.74 Å². The average molecular weight is 257 g/mol. The van der Waals surface area contributed by atoms with Crippen molar-refractivity contribution < 1.29 is 19.4 Å².